The van der Waals surface area contributed by atoms with Crippen molar-refractivity contribution in [3.05, 3.63) is 54.1 Å². The molecule has 6 nitrogen and oxygen atoms in total. The lowest BCUT2D eigenvalue weighted by Gasteiger charge is -2.26. The highest BCUT2D eigenvalue weighted by molar-refractivity contribution is 6.01. The summed E-state index contributed by atoms with van der Waals surface area (Å²) in [6, 6.07) is 14.0. The zero-order valence-electron chi connectivity index (χ0n) is 13.8. The van der Waals surface area contributed by atoms with E-state index in [4.69, 9.17) is 4.74 Å². The van der Waals surface area contributed by atoms with Crippen molar-refractivity contribution >= 4 is 29.0 Å². The summed E-state index contributed by atoms with van der Waals surface area (Å²) in [6.07, 6.45) is 0.234. The van der Waals surface area contributed by atoms with E-state index in [-0.39, 0.29) is 37.0 Å². The molecule has 1 heterocycles. The first-order valence-corrected chi connectivity index (χ1v) is 7.96. The molecule has 0 unspecified atom stereocenters. The number of likely N-dealkylation sites (N-methyl/N-ethyl adjacent to an activating group) is 1. The molecule has 0 aliphatic carbocycles. The fourth-order valence-corrected chi connectivity index (χ4v) is 2.57. The maximum Gasteiger partial charge on any atom is 0.264 e. The van der Waals surface area contributed by atoms with Gasteiger partial charge in [0.15, 0.2) is 12.4 Å². The molecule has 25 heavy (non-hydrogen) atoms. The third kappa shape index (κ3) is 3.85. The summed E-state index contributed by atoms with van der Waals surface area (Å²) < 4.78 is 5.35. The average Bonchev–Trinajstić information content (AvgIpc) is 2.64. The Labute approximate surface area is 145 Å². The number of hydrogen-bond acceptors (Lipinski definition) is 4. The van der Waals surface area contributed by atoms with Crippen LogP contribution in [0.4, 0.5) is 11.4 Å². The van der Waals surface area contributed by atoms with E-state index in [1.165, 1.54) is 4.90 Å². The van der Waals surface area contributed by atoms with Crippen LogP contribution in [0.1, 0.15) is 23.2 Å². The standard InChI is InChI=1S/C19H18N2O4/c1-21-15-11-14(7-9-17(15)25-12-19(21)24)20-18(23)10-8-16(22)13-5-3-2-4-6-13/h2-7,9,11H,8,10,12H2,1H3,(H,20,23). The number of fused-ring (bicyclic) bond motifs is 1. The third-order valence-electron chi connectivity index (χ3n) is 4.00. The minimum atomic E-state index is -0.255. The molecule has 0 fully saturated rings. The van der Waals surface area contributed by atoms with Crippen LogP contribution in [0.3, 0.4) is 0 Å². The van der Waals surface area contributed by atoms with Crippen molar-refractivity contribution in [1.82, 2.24) is 0 Å². The minimum absolute atomic E-state index is 0.0107. The van der Waals surface area contributed by atoms with Crippen LogP contribution < -0.4 is 15.0 Å². The maximum absolute atomic E-state index is 12.1. The number of ketones is 1. The molecule has 2 aromatic carbocycles. The summed E-state index contributed by atoms with van der Waals surface area (Å²) in [5.74, 6) is 0.124. The Bertz CT molecular complexity index is 817. The van der Waals surface area contributed by atoms with Gasteiger partial charge in [-0.1, -0.05) is 30.3 Å². The van der Waals surface area contributed by atoms with E-state index in [0.29, 0.717) is 22.7 Å². The van der Waals surface area contributed by atoms with Crippen LogP contribution in [0.5, 0.6) is 5.75 Å². The first-order chi connectivity index (χ1) is 12.0. The van der Waals surface area contributed by atoms with Gasteiger partial charge in [0, 0.05) is 31.1 Å². The van der Waals surface area contributed by atoms with Gasteiger partial charge in [0.1, 0.15) is 5.75 Å². The number of carbonyl (C=O) groups excluding carboxylic acids is 3. The molecule has 6 heteroatoms. The van der Waals surface area contributed by atoms with Crippen molar-refractivity contribution in [1.29, 1.82) is 0 Å². The number of amides is 2. The van der Waals surface area contributed by atoms with E-state index in [2.05, 4.69) is 5.32 Å². The van der Waals surface area contributed by atoms with E-state index < -0.39 is 0 Å². The highest BCUT2D eigenvalue weighted by Gasteiger charge is 2.22. The van der Waals surface area contributed by atoms with Gasteiger partial charge in [-0.3, -0.25) is 14.4 Å². The van der Waals surface area contributed by atoms with E-state index in [9.17, 15) is 14.4 Å². The number of hydrogen-bond donors (Lipinski definition) is 1. The highest BCUT2D eigenvalue weighted by Crippen LogP contribution is 2.33. The number of rotatable bonds is 5. The van der Waals surface area contributed by atoms with Gasteiger partial charge in [0.2, 0.25) is 5.91 Å². The lowest BCUT2D eigenvalue weighted by atomic mass is 10.1. The molecule has 0 aromatic heterocycles. The zero-order chi connectivity index (χ0) is 17.8. The van der Waals surface area contributed by atoms with Crippen LogP contribution in [0.25, 0.3) is 0 Å². The molecule has 0 bridgehead atoms. The predicted octanol–water partition coefficient (Wildman–Crippen LogP) is 2.64. The van der Waals surface area contributed by atoms with E-state index in [0.717, 1.165) is 0 Å². The van der Waals surface area contributed by atoms with Crippen LogP contribution in [0, 0.1) is 0 Å². The summed E-state index contributed by atoms with van der Waals surface area (Å²) in [5.41, 5.74) is 1.76. The Morgan fingerprint density at radius 3 is 2.64 bits per heavy atom. The quantitative estimate of drug-likeness (QED) is 0.851. The number of benzene rings is 2. The van der Waals surface area contributed by atoms with Gasteiger partial charge in [-0.2, -0.15) is 0 Å². The van der Waals surface area contributed by atoms with Gasteiger partial charge in [-0.25, -0.2) is 0 Å². The molecule has 0 radical (unpaired) electrons. The monoisotopic (exact) mass is 338 g/mol. The number of anilines is 2. The highest BCUT2D eigenvalue weighted by atomic mass is 16.5. The normalized spacial score (nSPS) is 13.0. The molecule has 0 saturated heterocycles. The zero-order valence-corrected chi connectivity index (χ0v) is 13.8. The smallest absolute Gasteiger partial charge is 0.264 e. The predicted molar refractivity (Wildman–Crippen MR) is 94.0 cm³/mol. The Balaban J connectivity index is 1.60. The Kier molecular flexibility index (Phi) is 4.79. The van der Waals surface area contributed by atoms with Crippen molar-refractivity contribution in [2.45, 2.75) is 12.8 Å². The van der Waals surface area contributed by atoms with Gasteiger partial charge in [-0.15, -0.1) is 0 Å². The van der Waals surface area contributed by atoms with Crippen molar-refractivity contribution in [3.8, 4) is 5.75 Å². The van der Waals surface area contributed by atoms with Gasteiger partial charge in [0.25, 0.3) is 5.91 Å². The maximum atomic E-state index is 12.1. The molecule has 1 aliphatic rings. The Morgan fingerprint density at radius 1 is 1.12 bits per heavy atom. The fraction of sp³-hybridized carbons (Fsp3) is 0.211. The van der Waals surface area contributed by atoms with Crippen LogP contribution in [0.15, 0.2) is 48.5 Å². The first-order valence-electron chi connectivity index (χ1n) is 7.96. The summed E-state index contributed by atoms with van der Waals surface area (Å²) in [6.45, 7) is 0.0107. The Morgan fingerprint density at radius 2 is 1.88 bits per heavy atom. The molecule has 1 aliphatic heterocycles. The number of ether oxygens (including phenoxy) is 1. The van der Waals surface area contributed by atoms with Crippen molar-refractivity contribution in [3.63, 3.8) is 0 Å². The van der Waals surface area contributed by atoms with E-state index in [1.807, 2.05) is 6.07 Å². The summed E-state index contributed by atoms with van der Waals surface area (Å²) >= 11 is 0. The topological polar surface area (TPSA) is 75.7 Å². The van der Waals surface area contributed by atoms with Crippen LogP contribution in [-0.4, -0.2) is 31.3 Å². The molecule has 1 N–H and O–H groups in total. The van der Waals surface area contributed by atoms with Crippen molar-refractivity contribution in [2.75, 3.05) is 23.9 Å². The lowest BCUT2D eigenvalue weighted by molar-refractivity contribution is -0.121. The van der Waals surface area contributed by atoms with Gasteiger partial charge < -0.3 is 15.0 Å². The second-order valence-electron chi connectivity index (χ2n) is 5.76. The number of carbonyl (C=O) groups is 3. The lowest BCUT2D eigenvalue weighted by Crippen LogP contribution is -2.35. The summed E-state index contributed by atoms with van der Waals surface area (Å²) in [5, 5.41) is 2.75. The van der Waals surface area contributed by atoms with E-state index >= 15 is 0 Å². The van der Waals surface area contributed by atoms with Gasteiger partial charge in [0.05, 0.1) is 5.69 Å². The minimum Gasteiger partial charge on any atom is -0.482 e. The van der Waals surface area contributed by atoms with Gasteiger partial charge >= 0.3 is 0 Å². The summed E-state index contributed by atoms with van der Waals surface area (Å²) in [7, 11) is 1.66. The second-order valence-corrected chi connectivity index (χ2v) is 5.76. The fourth-order valence-electron chi connectivity index (χ4n) is 2.57. The average molecular weight is 338 g/mol. The summed E-state index contributed by atoms with van der Waals surface area (Å²) in [4.78, 5) is 37.3. The Hall–Kier alpha value is -3.15. The van der Waals surface area contributed by atoms with Crippen LogP contribution in [0.2, 0.25) is 0 Å². The number of nitrogens with one attached hydrogen (secondary N) is 1. The molecule has 2 amide bonds. The molecule has 2 aromatic rings. The molecule has 128 valence electrons. The van der Waals surface area contributed by atoms with Gasteiger partial charge in [-0.05, 0) is 18.2 Å². The molecule has 0 saturated carbocycles. The first kappa shape index (κ1) is 16.7. The molecule has 0 spiro atoms. The van der Waals surface area contributed by atoms with Crippen molar-refractivity contribution in [2.24, 2.45) is 0 Å². The molecular formula is C19H18N2O4. The third-order valence-corrected chi connectivity index (χ3v) is 4.00. The van der Waals surface area contributed by atoms with E-state index in [1.54, 1.807) is 49.5 Å². The van der Waals surface area contributed by atoms with Crippen molar-refractivity contribution < 1.29 is 19.1 Å². The molecule has 0 atom stereocenters. The molecular weight excluding hydrogens is 320 g/mol. The number of nitrogens with zero attached hydrogens (tertiary/aromatic N) is 1. The van der Waals surface area contributed by atoms with Crippen LogP contribution >= 0.6 is 0 Å². The largest absolute Gasteiger partial charge is 0.482 e. The molecule has 3 rings (SSSR count). The second kappa shape index (κ2) is 7.17. The van der Waals surface area contributed by atoms with Crippen LogP contribution in [-0.2, 0) is 9.59 Å². The number of Topliss-reactive ketones (excluding diaryl/α,β-unsaturated/α-hetero) is 1. The SMILES string of the molecule is CN1C(=O)COc2ccc(NC(=O)CCC(=O)c3ccccc3)cc21.